The minimum absolute atomic E-state index is 0. The third-order valence-corrected chi connectivity index (χ3v) is 3.88. The first-order valence-electron chi connectivity index (χ1n) is 7.29. The predicted octanol–water partition coefficient (Wildman–Crippen LogP) is 2.41. The van der Waals surface area contributed by atoms with Crippen LogP contribution in [0.4, 0.5) is 4.79 Å². The molecular formula is C16H25N3O2. The maximum atomic E-state index is 11.1. The highest BCUT2D eigenvalue weighted by Gasteiger charge is 2.22. The number of fused-ring (bicyclic) bond motifs is 1. The number of ether oxygens (including phenoxy) is 1. The monoisotopic (exact) mass is 291 g/mol. The topological polar surface area (TPSA) is 57.4 Å². The predicted molar refractivity (Wildman–Crippen MR) is 86.8 cm³/mol. The van der Waals surface area contributed by atoms with Crippen molar-refractivity contribution >= 4 is 17.0 Å². The summed E-state index contributed by atoms with van der Waals surface area (Å²) >= 11 is 0. The van der Waals surface area contributed by atoms with E-state index >= 15 is 0 Å². The van der Waals surface area contributed by atoms with Crippen molar-refractivity contribution in [2.75, 3.05) is 27.2 Å². The molecule has 1 aliphatic rings. The summed E-state index contributed by atoms with van der Waals surface area (Å²) in [7, 11) is 4.17. The molecule has 1 fully saturated rings. The Morgan fingerprint density at radius 1 is 1.43 bits per heavy atom. The highest BCUT2D eigenvalue weighted by atomic mass is 16.6. The van der Waals surface area contributed by atoms with Crippen molar-refractivity contribution in [3.05, 3.63) is 35.5 Å². The fourth-order valence-corrected chi connectivity index (χ4v) is 2.72. The van der Waals surface area contributed by atoms with Gasteiger partial charge in [0.2, 0.25) is 0 Å². The van der Waals surface area contributed by atoms with Crippen molar-refractivity contribution in [3.63, 3.8) is 0 Å². The molecule has 1 aliphatic heterocycles. The average Bonchev–Trinajstić information content (AvgIpc) is 3.03. The van der Waals surface area contributed by atoms with Crippen LogP contribution in [0.3, 0.4) is 0 Å². The Balaban J connectivity index is 0.00000132. The lowest BCUT2D eigenvalue weighted by Crippen LogP contribution is -2.28. The summed E-state index contributed by atoms with van der Waals surface area (Å²) in [5, 5.41) is 4.10. The molecule has 21 heavy (non-hydrogen) atoms. The van der Waals surface area contributed by atoms with Crippen LogP contribution < -0.4 is 5.32 Å². The van der Waals surface area contributed by atoms with Crippen LogP contribution in [-0.4, -0.2) is 49.3 Å². The zero-order valence-corrected chi connectivity index (χ0v) is 12.5. The maximum absolute atomic E-state index is 11.1. The number of aromatic amines is 1. The standard InChI is InChI=1S/C16H21N3O2.2H2/c1-19(2)6-5-12-9-17-15-4-3-11(8-14(12)15)7-13-10-21-16(20)18-13;;/h3-4,8-9,13,17H,5-7,10H2,1-2H3,(H,18,20);2*1H/t13-;;/m0../s1. The Morgan fingerprint density at radius 2 is 2.29 bits per heavy atom. The van der Waals surface area contributed by atoms with E-state index in [-0.39, 0.29) is 15.0 Å². The summed E-state index contributed by atoms with van der Waals surface area (Å²) in [4.78, 5) is 16.6. The number of carbonyl (C=O) groups is 1. The molecule has 2 aromatic rings. The Hall–Kier alpha value is -2.01. The van der Waals surface area contributed by atoms with E-state index in [9.17, 15) is 4.79 Å². The summed E-state index contributed by atoms with van der Waals surface area (Å²) in [5.74, 6) is 0. The van der Waals surface area contributed by atoms with Gasteiger partial charge in [-0.1, -0.05) is 6.07 Å². The zero-order chi connectivity index (χ0) is 14.8. The van der Waals surface area contributed by atoms with E-state index in [4.69, 9.17) is 4.74 Å². The molecule has 1 amide bonds. The van der Waals surface area contributed by atoms with Crippen molar-refractivity contribution in [1.82, 2.24) is 15.2 Å². The molecule has 0 spiro atoms. The summed E-state index contributed by atoms with van der Waals surface area (Å²) < 4.78 is 4.94. The van der Waals surface area contributed by atoms with Crippen molar-refractivity contribution in [2.45, 2.75) is 18.9 Å². The van der Waals surface area contributed by atoms with Gasteiger partial charge in [0.15, 0.2) is 0 Å². The number of hydrogen-bond acceptors (Lipinski definition) is 3. The highest BCUT2D eigenvalue weighted by Crippen LogP contribution is 2.21. The van der Waals surface area contributed by atoms with Crippen molar-refractivity contribution < 1.29 is 12.4 Å². The number of H-pyrrole nitrogens is 1. The van der Waals surface area contributed by atoms with Crippen LogP contribution in [0.5, 0.6) is 0 Å². The van der Waals surface area contributed by atoms with Crippen molar-refractivity contribution in [2.24, 2.45) is 0 Å². The molecule has 1 atom stereocenters. The molecule has 2 N–H and O–H groups in total. The molecule has 0 saturated carbocycles. The van der Waals surface area contributed by atoms with Gasteiger partial charge in [0.05, 0.1) is 6.04 Å². The van der Waals surface area contributed by atoms with Gasteiger partial charge in [0, 0.05) is 26.5 Å². The third-order valence-electron chi connectivity index (χ3n) is 3.88. The van der Waals surface area contributed by atoms with Gasteiger partial charge < -0.3 is 19.9 Å². The van der Waals surface area contributed by atoms with E-state index in [1.54, 1.807) is 0 Å². The number of alkyl carbamates (subject to hydrolysis) is 1. The number of benzene rings is 1. The number of rotatable bonds is 5. The van der Waals surface area contributed by atoms with Gasteiger partial charge in [0.25, 0.3) is 0 Å². The van der Waals surface area contributed by atoms with Gasteiger partial charge in [-0.05, 0) is 50.2 Å². The lowest BCUT2D eigenvalue weighted by Gasteiger charge is -2.09. The van der Waals surface area contributed by atoms with Crippen LogP contribution in [-0.2, 0) is 17.6 Å². The second-order valence-corrected chi connectivity index (χ2v) is 5.89. The van der Waals surface area contributed by atoms with Gasteiger partial charge in [0.1, 0.15) is 6.61 Å². The molecular weight excluding hydrogens is 266 g/mol. The lowest BCUT2D eigenvalue weighted by molar-refractivity contribution is 0.177. The molecule has 0 unspecified atom stereocenters. The molecule has 2 heterocycles. The smallest absolute Gasteiger partial charge is 0.407 e. The van der Waals surface area contributed by atoms with E-state index in [1.807, 2.05) is 0 Å². The van der Waals surface area contributed by atoms with Crippen molar-refractivity contribution in [1.29, 1.82) is 0 Å². The van der Waals surface area contributed by atoms with Crippen LogP contribution in [0, 0.1) is 0 Å². The molecule has 1 saturated heterocycles. The minimum Gasteiger partial charge on any atom is -0.447 e. The first-order chi connectivity index (χ1) is 10.1. The molecule has 0 radical (unpaired) electrons. The van der Waals surface area contributed by atoms with E-state index in [0.29, 0.717) is 6.61 Å². The van der Waals surface area contributed by atoms with Crippen LogP contribution in [0.15, 0.2) is 24.4 Å². The van der Waals surface area contributed by atoms with Crippen LogP contribution in [0.2, 0.25) is 0 Å². The van der Waals surface area contributed by atoms with Crippen LogP contribution in [0.1, 0.15) is 14.0 Å². The largest absolute Gasteiger partial charge is 0.447 e. The molecule has 5 heteroatoms. The number of nitrogens with one attached hydrogen (secondary N) is 2. The molecule has 1 aromatic heterocycles. The Kier molecular flexibility index (Phi) is 3.84. The summed E-state index contributed by atoms with van der Waals surface area (Å²) in [6.07, 6.45) is 3.62. The molecule has 116 valence electrons. The fourth-order valence-electron chi connectivity index (χ4n) is 2.72. The normalized spacial score (nSPS) is 18.2. The Morgan fingerprint density at radius 3 is 3.00 bits per heavy atom. The number of hydrogen-bond donors (Lipinski definition) is 2. The van der Waals surface area contributed by atoms with Crippen LogP contribution in [0.25, 0.3) is 10.9 Å². The van der Waals surface area contributed by atoms with Gasteiger partial charge in [-0.3, -0.25) is 0 Å². The molecule has 1 aromatic carbocycles. The van der Waals surface area contributed by atoms with E-state index in [2.05, 4.69) is 53.7 Å². The van der Waals surface area contributed by atoms with Gasteiger partial charge >= 0.3 is 6.09 Å². The Bertz CT molecular complexity index is 658. The van der Waals surface area contributed by atoms with Gasteiger partial charge in [-0.25, -0.2) is 4.79 Å². The van der Waals surface area contributed by atoms with E-state index in [0.717, 1.165) is 19.4 Å². The molecule has 0 aliphatic carbocycles. The number of amides is 1. The number of nitrogens with zero attached hydrogens (tertiary/aromatic N) is 1. The zero-order valence-electron chi connectivity index (χ0n) is 12.5. The second kappa shape index (κ2) is 5.77. The number of likely N-dealkylation sites (N-methyl/N-ethyl adjacent to an activating group) is 1. The summed E-state index contributed by atoms with van der Waals surface area (Å²) in [6, 6.07) is 6.53. The second-order valence-electron chi connectivity index (χ2n) is 5.89. The van der Waals surface area contributed by atoms with Crippen LogP contribution >= 0.6 is 0 Å². The quantitative estimate of drug-likeness (QED) is 0.889. The fraction of sp³-hybridized carbons (Fsp3) is 0.438. The van der Waals surface area contributed by atoms with E-state index in [1.165, 1.54) is 22.0 Å². The average molecular weight is 291 g/mol. The summed E-state index contributed by atoms with van der Waals surface area (Å²) in [5.41, 5.74) is 3.73. The number of cyclic esters (lactones) is 1. The number of aromatic nitrogens is 1. The third kappa shape index (κ3) is 3.19. The molecule has 5 nitrogen and oxygen atoms in total. The minimum atomic E-state index is -0.311. The highest BCUT2D eigenvalue weighted by molar-refractivity contribution is 5.84. The SMILES string of the molecule is CN(C)CCc1c[nH]c2ccc(C[C@H]3COC(=O)N3)cc12.[HH].[HH]. The van der Waals surface area contributed by atoms with Crippen molar-refractivity contribution in [3.8, 4) is 0 Å². The maximum Gasteiger partial charge on any atom is 0.407 e. The first-order valence-corrected chi connectivity index (χ1v) is 7.29. The molecule has 0 bridgehead atoms. The summed E-state index contributed by atoms with van der Waals surface area (Å²) in [6.45, 7) is 1.49. The Labute approximate surface area is 127 Å². The molecule has 3 rings (SSSR count). The van der Waals surface area contributed by atoms with E-state index < -0.39 is 0 Å². The number of carbonyl (C=O) groups excluding carboxylic acids is 1. The van der Waals surface area contributed by atoms with Gasteiger partial charge in [-0.2, -0.15) is 0 Å². The van der Waals surface area contributed by atoms with Gasteiger partial charge in [-0.15, -0.1) is 0 Å². The lowest BCUT2D eigenvalue weighted by atomic mass is 10.0. The first kappa shape index (κ1) is 13.9.